The molecular weight excluding hydrogens is 375 g/mol. The summed E-state index contributed by atoms with van der Waals surface area (Å²) in [6.07, 6.45) is 0.165. The van der Waals surface area contributed by atoms with Crippen molar-refractivity contribution >= 4 is 40.7 Å². The molecular formula is C19H18Cl2N2O3. The van der Waals surface area contributed by atoms with Crippen LogP contribution < -0.4 is 15.0 Å². The minimum Gasteiger partial charge on any atom is -0.495 e. The highest BCUT2D eigenvalue weighted by Gasteiger charge is 2.36. The second-order valence-corrected chi connectivity index (χ2v) is 6.87. The highest BCUT2D eigenvalue weighted by molar-refractivity contribution is 6.35. The van der Waals surface area contributed by atoms with Gasteiger partial charge in [0.1, 0.15) is 5.75 Å². The summed E-state index contributed by atoms with van der Waals surface area (Å²) in [6, 6.07) is 12.4. The van der Waals surface area contributed by atoms with Crippen molar-refractivity contribution in [3.8, 4) is 5.75 Å². The quantitative estimate of drug-likeness (QED) is 0.844. The Morgan fingerprint density at radius 1 is 1.27 bits per heavy atom. The molecule has 1 atom stereocenters. The first-order valence-electron chi connectivity index (χ1n) is 8.14. The molecule has 2 amide bonds. The third-order valence-electron chi connectivity index (χ3n) is 4.34. The summed E-state index contributed by atoms with van der Waals surface area (Å²) in [7, 11) is 1.55. The third kappa shape index (κ3) is 3.94. The molecule has 0 saturated carbocycles. The minimum absolute atomic E-state index is 0.0980. The van der Waals surface area contributed by atoms with E-state index in [9.17, 15) is 9.59 Å². The first kappa shape index (κ1) is 18.5. The van der Waals surface area contributed by atoms with Gasteiger partial charge in [-0.15, -0.1) is 0 Å². The molecule has 1 N–H and O–H groups in total. The zero-order valence-corrected chi connectivity index (χ0v) is 15.7. The first-order valence-corrected chi connectivity index (χ1v) is 8.90. The maximum atomic E-state index is 12.5. The number of hydrogen-bond donors (Lipinski definition) is 1. The number of nitrogens with one attached hydrogen (secondary N) is 1. The lowest BCUT2D eigenvalue weighted by Crippen LogP contribution is -2.32. The van der Waals surface area contributed by atoms with Gasteiger partial charge in [0.25, 0.3) is 0 Å². The molecule has 0 radical (unpaired) electrons. The van der Waals surface area contributed by atoms with E-state index in [2.05, 4.69) is 5.32 Å². The number of para-hydroxylation sites is 2. The second kappa shape index (κ2) is 7.98. The van der Waals surface area contributed by atoms with E-state index in [1.165, 1.54) is 0 Å². The molecule has 3 rings (SSSR count). The molecule has 0 bridgehead atoms. The Labute approximate surface area is 161 Å². The standard InChI is InChI=1S/C19H18Cl2N2O3/c1-26-17-5-3-2-4-16(17)23-11-13(8-18(23)24)19(25)22-10-12-6-7-14(20)9-15(12)21/h2-7,9,13H,8,10-11H2,1H3,(H,22,25)/t13-/m1/s1. The molecule has 1 heterocycles. The van der Waals surface area contributed by atoms with Crippen molar-refractivity contribution < 1.29 is 14.3 Å². The number of ether oxygens (including phenoxy) is 1. The van der Waals surface area contributed by atoms with Crippen LogP contribution in [0.3, 0.4) is 0 Å². The molecule has 1 aliphatic heterocycles. The molecule has 2 aromatic rings. The minimum atomic E-state index is -0.418. The van der Waals surface area contributed by atoms with Gasteiger partial charge in [-0.05, 0) is 29.8 Å². The van der Waals surface area contributed by atoms with E-state index < -0.39 is 5.92 Å². The summed E-state index contributed by atoms with van der Waals surface area (Å²) in [5.74, 6) is -0.0886. The Hall–Kier alpha value is -2.24. The second-order valence-electron chi connectivity index (χ2n) is 6.03. The fourth-order valence-electron chi connectivity index (χ4n) is 2.96. The van der Waals surface area contributed by atoms with Crippen LogP contribution in [0.15, 0.2) is 42.5 Å². The van der Waals surface area contributed by atoms with E-state index in [1.54, 1.807) is 36.3 Å². The number of halogens is 2. The Morgan fingerprint density at radius 2 is 2.04 bits per heavy atom. The molecule has 2 aromatic carbocycles. The van der Waals surface area contributed by atoms with Crippen molar-refractivity contribution in [2.24, 2.45) is 5.92 Å². The molecule has 7 heteroatoms. The number of rotatable bonds is 5. The van der Waals surface area contributed by atoms with E-state index in [0.717, 1.165) is 5.56 Å². The smallest absolute Gasteiger partial charge is 0.227 e. The molecule has 5 nitrogen and oxygen atoms in total. The molecule has 26 heavy (non-hydrogen) atoms. The summed E-state index contributed by atoms with van der Waals surface area (Å²) in [4.78, 5) is 26.5. The van der Waals surface area contributed by atoms with Gasteiger partial charge in [0.15, 0.2) is 0 Å². The van der Waals surface area contributed by atoms with Crippen LogP contribution >= 0.6 is 23.2 Å². The van der Waals surface area contributed by atoms with Gasteiger partial charge in [0.05, 0.1) is 18.7 Å². The number of benzene rings is 2. The molecule has 1 saturated heterocycles. The predicted molar refractivity (Wildman–Crippen MR) is 102 cm³/mol. The zero-order chi connectivity index (χ0) is 18.7. The van der Waals surface area contributed by atoms with Crippen molar-refractivity contribution in [1.82, 2.24) is 5.32 Å². The summed E-state index contributed by atoms with van der Waals surface area (Å²) >= 11 is 12.0. The maximum Gasteiger partial charge on any atom is 0.227 e. The number of hydrogen-bond acceptors (Lipinski definition) is 3. The lowest BCUT2D eigenvalue weighted by atomic mass is 10.1. The number of nitrogens with zero attached hydrogens (tertiary/aromatic N) is 1. The third-order valence-corrected chi connectivity index (χ3v) is 4.93. The number of methoxy groups -OCH3 is 1. The van der Waals surface area contributed by atoms with Gasteiger partial charge in [-0.1, -0.05) is 41.4 Å². The molecule has 0 unspecified atom stereocenters. The SMILES string of the molecule is COc1ccccc1N1C[C@H](C(=O)NCc2ccc(Cl)cc2Cl)CC1=O. The number of amides is 2. The Morgan fingerprint density at radius 3 is 2.77 bits per heavy atom. The summed E-state index contributed by atoms with van der Waals surface area (Å²) in [6.45, 7) is 0.605. The van der Waals surface area contributed by atoms with Crippen molar-refractivity contribution in [3.05, 3.63) is 58.1 Å². The highest BCUT2D eigenvalue weighted by Crippen LogP contribution is 2.32. The molecule has 1 fully saturated rings. The van der Waals surface area contributed by atoms with Crippen LogP contribution in [0.5, 0.6) is 5.75 Å². The molecule has 1 aliphatic rings. The monoisotopic (exact) mass is 392 g/mol. The van der Waals surface area contributed by atoms with Crippen LogP contribution in [-0.4, -0.2) is 25.5 Å². The van der Waals surface area contributed by atoms with Crippen molar-refractivity contribution in [2.75, 3.05) is 18.6 Å². The van der Waals surface area contributed by atoms with Crippen LogP contribution in [0.4, 0.5) is 5.69 Å². The Kier molecular flexibility index (Phi) is 5.69. The van der Waals surface area contributed by atoms with E-state index in [1.807, 2.05) is 18.2 Å². The van der Waals surface area contributed by atoms with Crippen LogP contribution in [0, 0.1) is 5.92 Å². The fourth-order valence-corrected chi connectivity index (χ4v) is 3.44. The van der Waals surface area contributed by atoms with Gasteiger partial charge >= 0.3 is 0 Å². The van der Waals surface area contributed by atoms with Gasteiger partial charge in [-0.25, -0.2) is 0 Å². The molecule has 136 valence electrons. The number of carbonyl (C=O) groups is 2. The number of anilines is 1. The Balaban J connectivity index is 1.65. The van der Waals surface area contributed by atoms with Crippen molar-refractivity contribution in [1.29, 1.82) is 0 Å². The summed E-state index contributed by atoms with van der Waals surface area (Å²) in [5, 5.41) is 3.88. The van der Waals surface area contributed by atoms with Crippen LogP contribution in [0.1, 0.15) is 12.0 Å². The maximum absolute atomic E-state index is 12.5. The van der Waals surface area contributed by atoms with E-state index in [4.69, 9.17) is 27.9 Å². The summed E-state index contributed by atoms with van der Waals surface area (Å²) < 4.78 is 5.31. The van der Waals surface area contributed by atoms with Gasteiger partial charge in [-0.2, -0.15) is 0 Å². The van der Waals surface area contributed by atoms with Crippen LogP contribution in [0.2, 0.25) is 10.0 Å². The topological polar surface area (TPSA) is 58.6 Å². The molecule has 0 spiro atoms. The largest absolute Gasteiger partial charge is 0.495 e. The lowest BCUT2D eigenvalue weighted by Gasteiger charge is -2.19. The molecule has 0 aromatic heterocycles. The van der Waals surface area contributed by atoms with E-state index in [0.29, 0.717) is 28.0 Å². The predicted octanol–water partition coefficient (Wildman–Crippen LogP) is 3.67. The van der Waals surface area contributed by atoms with Gasteiger partial charge in [0.2, 0.25) is 11.8 Å². The highest BCUT2D eigenvalue weighted by atomic mass is 35.5. The molecule has 0 aliphatic carbocycles. The summed E-state index contributed by atoms with van der Waals surface area (Å²) in [5.41, 5.74) is 1.45. The average molecular weight is 393 g/mol. The van der Waals surface area contributed by atoms with Crippen LogP contribution in [-0.2, 0) is 16.1 Å². The van der Waals surface area contributed by atoms with E-state index in [-0.39, 0.29) is 24.8 Å². The van der Waals surface area contributed by atoms with Gasteiger partial charge < -0.3 is 15.0 Å². The van der Waals surface area contributed by atoms with Crippen LogP contribution in [0.25, 0.3) is 0 Å². The lowest BCUT2D eigenvalue weighted by molar-refractivity contribution is -0.126. The van der Waals surface area contributed by atoms with E-state index >= 15 is 0 Å². The van der Waals surface area contributed by atoms with Crippen molar-refractivity contribution in [3.63, 3.8) is 0 Å². The average Bonchev–Trinajstić information content (AvgIpc) is 3.02. The van der Waals surface area contributed by atoms with Gasteiger partial charge in [0, 0.05) is 29.6 Å². The van der Waals surface area contributed by atoms with Crippen molar-refractivity contribution in [2.45, 2.75) is 13.0 Å². The Bertz CT molecular complexity index is 841. The fraction of sp³-hybridized carbons (Fsp3) is 0.263. The first-order chi connectivity index (χ1) is 12.5. The zero-order valence-electron chi connectivity index (χ0n) is 14.2. The van der Waals surface area contributed by atoms with Gasteiger partial charge in [-0.3, -0.25) is 9.59 Å². The number of carbonyl (C=O) groups excluding carboxylic acids is 2. The normalized spacial score (nSPS) is 16.7.